The van der Waals surface area contributed by atoms with Gasteiger partial charge in [0.2, 0.25) is 5.78 Å². The molecule has 0 amide bonds. The van der Waals surface area contributed by atoms with Crippen molar-refractivity contribution in [3.05, 3.63) is 95.7 Å². The summed E-state index contributed by atoms with van der Waals surface area (Å²) < 4.78 is 6.92. The maximum atomic E-state index is 13.0. The van der Waals surface area contributed by atoms with E-state index in [1.807, 2.05) is 54.6 Å². The lowest BCUT2D eigenvalue weighted by Crippen LogP contribution is -2.14. The van der Waals surface area contributed by atoms with Gasteiger partial charge in [0.15, 0.2) is 5.78 Å². The van der Waals surface area contributed by atoms with Crippen molar-refractivity contribution in [3.63, 3.8) is 0 Å². The van der Waals surface area contributed by atoms with Crippen LogP contribution in [0.2, 0.25) is 0 Å². The summed E-state index contributed by atoms with van der Waals surface area (Å²) in [6, 6.07) is 24.0. The number of ketones is 2. The second kappa shape index (κ2) is 8.10. The molecule has 5 heteroatoms. The fraction of sp³-hybridized carbons (Fsp3) is 0.125. The molecule has 0 radical (unpaired) electrons. The Bertz CT molecular complexity index is 1160. The normalized spacial score (nSPS) is 10.8. The Morgan fingerprint density at radius 3 is 2.31 bits per heavy atom. The van der Waals surface area contributed by atoms with Crippen molar-refractivity contribution in [3.8, 4) is 5.75 Å². The highest BCUT2D eigenvalue weighted by molar-refractivity contribution is 6.15. The summed E-state index contributed by atoms with van der Waals surface area (Å²) in [5, 5.41) is 5.21. The van der Waals surface area contributed by atoms with E-state index >= 15 is 0 Å². The van der Waals surface area contributed by atoms with E-state index in [0.29, 0.717) is 34.3 Å². The number of hydrogen-bond donors (Lipinski definition) is 0. The summed E-state index contributed by atoms with van der Waals surface area (Å²) in [5.41, 5.74) is 2.55. The fourth-order valence-corrected chi connectivity index (χ4v) is 3.34. The third-order valence-electron chi connectivity index (χ3n) is 4.78. The third-order valence-corrected chi connectivity index (χ3v) is 4.78. The summed E-state index contributed by atoms with van der Waals surface area (Å²) in [6.45, 7) is 0.0840. The first-order valence-electron chi connectivity index (χ1n) is 9.35. The van der Waals surface area contributed by atoms with Crippen LogP contribution in [-0.4, -0.2) is 28.5 Å². The van der Waals surface area contributed by atoms with Gasteiger partial charge < -0.3 is 4.74 Å². The highest BCUT2D eigenvalue weighted by Crippen LogP contribution is 2.26. The van der Waals surface area contributed by atoms with Crippen LogP contribution in [0.3, 0.4) is 0 Å². The number of methoxy groups -OCH3 is 1. The SMILES string of the molecule is COc1ccc2c(C(=O)c3ccccc3)nn(CC(=O)Cc3ccccc3)c2c1. The van der Waals surface area contributed by atoms with Crippen molar-refractivity contribution in [2.45, 2.75) is 13.0 Å². The second-order valence-electron chi connectivity index (χ2n) is 6.79. The van der Waals surface area contributed by atoms with E-state index < -0.39 is 0 Å². The van der Waals surface area contributed by atoms with E-state index in [4.69, 9.17) is 4.74 Å². The minimum absolute atomic E-state index is 0.0159. The molecule has 0 unspecified atom stereocenters. The van der Waals surface area contributed by atoms with Gasteiger partial charge in [0.05, 0.1) is 12.6 Å². The summed E-state index contributed by atoms with van der Waals surface area (Å²) >= 11 is 0. The first-order chi connectivity index (χ1) is 14.2. The first kappa shape index (κ1) is 18.6. The Morgan fingerprint density at radius 1 is 0.931 bits per heavy atom. The molecule has 3 aromatic carbocycles. The average molecular weight is 384 g/mol. The number of Topliss-reactive ketones (excluding diaryl/α,β-unsaturated/α-hetero) is 1. The average Bonchev–Trinajstić information content (AvgIpc) is 3.11. The molecule has 0 fully saturated rings. The van der Waals surface area contributed by atoms with Gasteiger partial charge in [-0.2, -0.15) is 5.10 Å². The molecule has 0 saturated carbocycles. The number of carbonyl (C=O) groups excluding carboxylic acids is 2. The van der Waals surface area contributed by atoms with Crippen molar-refractivity contribution in [2.24, 2.45) is 0 Å². The Morgan fingerprint density at radius 2 is 1.62 bits per heavy atom. The van der Waals surface area contributed by atoms with Gasteiger partial charge in [0.1, 0.15) is 18.0 Å². The standard InChI is InChI=1S/C24H20N2O3/c1-29-20-12-13-21-22(15-20)26(16-19(27)14-17-8-4-2-5-9-17)25-23(21)24(28)18-10-6-3-7-11-18/h2-13,15H,14,16H2,1H3. The van der Waals surface area contributed by atoms with Crippen molar-refractivity contribution < 1.29 is 14.3 Å². The zero-order chi connectivity index (χ0) is 20.2. The number of ether oxygens (including phenoxy) is 1. The van der Waals surface area contributed by atoms with Crippen molar-refractivity contribution in [1.29, 1.82) is 0 Å². The lowest BCUT2D eigenvalue weighted by Gasteiger charge is -2.05. The lowest BCUT2D eigenvalue weighted by atomic mass is 10.1. The molecule has 0 bridgehead atoms. The van der Waals surface area contributed by atoms with Crippen molar-refractivity contribution in [1.82, 2.24) is 9.78 Å². The number of hydrogen-bond acceptors (Lipinski definition) is 4. The Balaban J connectivity index is 1.71. The number of carbonyl (C=O) groups is 2. The molecule has 0 atom stereocenters. The summed E-state index contributed by atoms with van der Waals surface area (Å²) in [4.78, 5) is 25.7. The number of fused-ring (bicyclic) bond motifs is 1. The van der Waals surface area contributed by atoms with Crippen LogP contribution in [0.1, 0.15) is 21.6 Å². The predicted molar refractivity (Wildman–Crippen MR) is 111 cm³/mol. The molecule has 0 aliphatic heterocycles. The highest BCUT2D eigenvalue weighted by atomic mass is 16.5. The van der Waals surface area contributed by atoms with Gasteiger partial charge in [-0.1, -0.05) is 60.7 Å². The van der Waals surface area contributed by atoms with E-state index in [9.17, 15) is 9.59 Å². The monoisotopic (exact) mass is 384 g/mol. The van der Waals surface area contributed by atoms with Crippen LogP contribution in [0.5, 0.6) is 5.75 Å². The van der Waals surface area contributed by atoms with E-state index in [2.05, 4.69) is 5.10 Å². The summed E-state index contributed by atoms with van der Waals surface area (Å²) in [7, 11) is 1.58. The van der Waals surface area contributed by atoms with Gasteiger partial charge in [0.25, 0.3) is 0 Å². The van der Waals surface area contributed by atoms with E-state index in [1.165, 1.54) is 0 Å². The maximum absolute atomic E-state index is 13.0. The topological polar surface area (TPSA) is 61.2 Å². The predicted octanol–water partition coefficient (Wildman–Crippen LogP) is 4.09. The molecular weight excluding hydrogens is 364 g/mol. The molecule has 1 heterocycles. The van der Waals surface area contributed by atoms with Gasteiger partial charge in [-0.15, -0.1) is 0 Å². The lowest BCUT2D eigenvalue weighted by molar-refractivity contribution is -0.119. The van der Waals surface area contributed by atoms with Crippen LogP contribution in [0.4, 0.5) is 0 Å². The molecular formula is C24H20N2O3. The molecule has 29 heavy (non-hydrogen) atoms. The quantitative estimate of drug-likeness (QED) is 0.450. The van der Waals surface area contributed by atoms with Crippen molar-refractivity contribution in [2.75, 3.05) is 7.11 Å². The highest BCUT2D eigenvalue weighted by Gasteiger charge is 2.20. The molecule has 5 nitrogen and oxygen atoms in total. The zero-order valence-electron chi connectivity index (χ0n) is 16.0. The molecule has 0 N–H and O–H groups in total. The largest absolute Gasteiger partial charge is 0.497 e. The van der Waals surface area contributed by atoms with Crippen LogP contribution in [-0.2, 0) is 17.8 Å². The summed E-state index contributed by atoms with van der Waals surface area (Å²) in [5.74, 6) is 0.491. The zero-order valence-corrected chi connectivity index (χ0v) is 16.0. The second-order valence-corrected chi connectivity index (χ2v) is 6.79. The molecule has 0 aliphatic rings. The number of rotatable bonds is 7. The Hall–Kier alpha value is -3.73. The van der Waals surface area contributed by atoms with Crippen LogP contribution >= 0.6 is 0 Å². The molecule has 4 rings (SSSR count). The van der Waals surface area contributed by atoms with Gasteiger partial charge in [-0.25, -0.2) is 0 Å². The number of aromatic nitrogens is 2. The Kier molecular flexibility index (Phi) is 5.20. The van der Waals surface area contributed by atoms with Crippen LogP contribution in [0.25, 0.3) is 10.9 Å². The van der Waals surface area contributed by atoms with Gasteiger partial charge >= 0.3 is 0 Å². The smallest absolute Gasteiger partial charge is 0.213 e. The van der Waals surface area contributed by atoms with Crippen molar-refractivity contribution >= 4 is 22.5 Å². The molecule has 0 aliphatic carbocycles. The van der Waals surface area contributed by atoms with Crippen LogP contribution in [0.15, 0.2) is 78.9 Å². The molecule has 144 valence electrons. The van der Waals surface area contributed by atoms with Crippen LogP contribution < -0.4 is 4.74 Å². The molecule has 0 spiro atoms. The minimum Gasteiger partial charge on any atom is -0.497 e. The minimum atomic E-state index is -0.171. The first-order valence-corrected chi connectivity index (χ1v) is 9.35. The van der Waals surface area contributed by atoms with Gasteiger partial charge in [0, 0.05) is 23.4 Å². The van der Waals surface area contributed by atoms with Gasteiger partial charge in [-0.3, -0.25) is 14.3 Å². The maximum Gasteiger partial charge on any atom is 0.213 e. The van der Waals surface area contributed by atoms with Crippen LogP contribution in [0, 0.1) is 0 Å². The number of benzene rings is 3. The summed E-state index contributed by atoms with van der Waals surface area (Å²) in [6.07, 6.45) is 0.314. The van der Waals surface area contributed by atoms with Gasteiger partial charge in [-0.05, 0) is 17.7 Å². The van der Waals surface area contributed by atoms with E-state index in [1.54, 1.807) is 36.1 Å². The van der Waals surface area contributed by atoms with E-state index in [0.717, 1.165) is 5.56 Å². The third kappa shape index (κ3) is 3.94. The molecule has 1 aromatic heterocycles. The molecule has 0 saturated heterocycles. The fourth-order valence-electron chi connectivity index (χ4n) is 3.34. The number of nitrogens with zero attached hydrogens (tertiary/aromatic N) is 2. The Labute approximate surface area is 168 Å². The van der Waals surface area contributed by atoms with E-state index in [-0.39, 0.29) is 18.1 Å². The molecule has 4 aromatic rings.